The van der Waals surface area contributed by atoms with Crippen molar-refractivity contribution in [2.75, 3.05) is 81.6 Å². The first-order chi connectivity index (χ1) is 46.5. The molecule has 24 nitrogen and oxygen atoms in total. The lowest BCUT2D eigenvalue weighted by molar-refractivity contribution is -0.182. The standard InChI is InChI=1S/C71H116ClF3N12O12/c1-14-45(6)60-68(98)82(10)41-58(90)80(8)42-59(91)84(12)55(38-47-22-17-16-18-23-47)67(97)81(9)40-56(88)76-51(28-26-48-25-27-49(50(72)37-48)71(73,74)75)66(96)87-33-21-24-53(87)63(93)79-70(31-19-20-32-70)69(99)85(13)61(46(7)15-2)64(94)77-52(65(95)86-34-29-44(5)30-35-86)39-57(89)83(11)54(36-43(3)4)62(92)78-60/h43-55,60-61H,14-42H2,1-13H3,(H,76,88)(H,77,94)(H,78,92)(H,79,93)/t45-,46-,48?,49?,50?,51-,52-,53-,54-,55-,60-,61-/m0/s1. The van der Waals surface area contributed by atoms with Gasteiger partial charge in [0.1, 0.15) is 47.8 Å². The van der Waals surface area contributed by atoms with Crippen molar-refractivity contribution >= 4 is 82.5 Å². The molecule has 6 fully saturated rings. The molecule has 0 aromatic rings. The van der Waals surface area contributed by atoms with Gasteiger partial charge in [0.2, 0.25) is 70.9 Å². The highest BCUT2D eigenvalue weighted by Gasteiger charge is 2.51. The average Bonchev–Trinajstić information content (AvgIpc) is 1.74. The molecule has 3 aliphatic carbocycles. The summed E-state index contributed by atoms with van der Waals surface area (Å²) < 4.78 is 42.0. The van der Waals surface area contributed by atoms with E-state index in [1.165, 1.54) is 61.9 Å². The lowest BCUT2D eigenvalue weighted by Crippen LogP contribution is -2.65. The van der Waals surface area contributed by atoms with Crippen LogP contribution in [0.25, 0.3) is 0 Å². The van der Waals surface area contributed by atoms with Crippen molar-refractivity contribution in [2.45, 2.75) is 256 Å². The van der Waals surface area contributed by atoms with Crippen LogP contribution in [0.5, 0.6) is 0 Å². The summed E-state index contributed by atoms with van der Waals surface area (Å²) in [4.78, 5) is 188. The summed E-state index contributed by atoms with van der Waals surface area (Å²) >= 11 is 6.39. The third-order valence-electron chi connectivity index (χ3n) is 22.5. The highest BCUT2D eigenvalue weighted by atomic mass is 35.5. The molecule has 0 bridgehead atoms. The molecule has 6 aliphatic rings. The molecule has 3 saturated carbocycles. The Morgan fingerprint density at radius 1 is 0.596 bits per heavy atom. The molecule has 28 heteroatoms. The van der Waals surface area contributed by atoms with E-state index < -0.39 is 174 Å². The summed E-state index contributed by atoms with van der Waals surface area (Å²) in [5, 5.41) is 10.4. The van der Waals surface area contributed by atoms with Crippen LogP contribution in [0.1, 0.15) is 196 Å². The highest BCUT2D eigenvalue weighted by Crippen LogP contribution is 2.44. The topological polar surface area (TPSA) is 279 Å². The van der Waals surface area contributed by atoms with Crippen LogP contribution in [0, 0.1) is 41.4 Å². The molecule has 0 aromatic carbocycles. The van der Waals surface area contributed by atoms with Crippen LogP contribution in [0.3, 0.4) is 0 Å². The Balaban J connectivity index is 1.40. The second kappa shape index (κ2) is 36.5. The third-order valence-corrected chi connectivity index (χ3v) is 23.0. The maximum absolute atomic E-state index is 15.5. The van der Waals surface area contributed by atoms with Gasteiger partial charge in [-0.3, -0.25) is 57.5 Å². The molecule has 3 aliphatic heterocycles. The van der Waals surface area contributed by atoms with Gasteiger partial charge in [-0.2, -0.15) is 13.2 Å². The molecule has 0 aromatic heterocycles. The van der Waals surface area contributed by atoms with Crippen molar-refractivity contribution in [3.63, 3.8) is 0 Å². The Kier molecular flexibility index (Phi) is 30.2. The van der Waals surface area contributed by atoms with Crippen LogP contribution >= 0.6 is 11.6 Å². The van der Waals surface area contributed by atoms with Gasteiger partial charge in [-0.1, -0.05) is 106 Å². The zero-order valence-corrected chi connectivity index (χ0v) is 61.9. The van der Waals surface area contributed by atoms with Gasteiger partial charge in [-0.05, 0) is 119 Å². The van der Waals surface area contributed by atoms with E-state index in [9.17, 15) is 51.5 Å². The van der Waals surface area contributed by atoms with Gasteiger partial charge in [-0.25, -0.2) is 0 Å². The quantitative estimate of drug-likeness (QED) is 0.168. The highest BCUT2D eigenvalue weighted by molar-refractivity contribution is 6.21. The number of amides is 12. The molecular weight excluding hydrogens is 1310 g/mol. The number of carbonyl (C=O) groups is 12. The van der Waals surface area contributed by atoms with Gasteiger partial charge in [0, 0.05) is 67.3 Å². The number of halogens is 4. The minimum Gasteiger partial charge on any atom is -0.343 e. The van der Waals surface area contributed by atoms with Crippen molar-refractivity contribution in [1.29, 1.82) is 0 Å². The van der Waals surface area contributed by atoms with E-state index in [2.05, 4.69) is 28.2 Å². The number of hydrogen-bond acceptors (Lipinski definition) is 12. The fourth-order valence-corrected chi connectivity index (χ4v) is 16.1. The fraction of sp³-hybridized carbons (Fsp3) is 0.831. The van der Waals surface area contributed by atoms with Gasteiger partial charge in [0.25, 0.3) is 0 Å². The van der Waals surface area contributed by atoms with Crippen LogP contribution in [0.4, 0.5) is 13.2 Å². The molecule has 12 amide bonds. The maximum atomic E-state index is 15.5. The molecular formula is C71H116ClF3N12O12. The van der Waals surface area contributed by atoms with Gasteiger partial charge in [0.15, 0.2) is 0 Å². The number of nitrogens with one attached hydrogen (secondary N) is 4. The predicted molar refractivity (Wildman–Crippen MR) is 367 cm³/mol. The van der Waals surface area contributed by atoms with Gasteiger partial charge in [-0.15, -0.1) is 11.6 Å². The van der Waals surface area contributed by atoms with Crippen molar-refractivity contribution in [3.8, 4) is 0 Å². The van der Waals surface area contributed by atoms with E-state index in [1.807, 2.05) is 27.7 Å². The molecule has 99 heavy (non-hydrogen) atoms. The van der Waals surface area contributed by atoms with Gasteiger partial charge in [0.05, 0.1) is 32.0 Å². The summed E-state index contributed by atoms with van der Waals surface area (Å²) in [5.41, 5.74) is -1.57. The second-order valence-corrected chi connectivity index (χ2v) is 31.0. The van der Waals surface area contributed by atoms with Crippen molar-refractivity contribution < 1.29 is 70.7 Å². The number of likely N-dealkylation sites (N-methyl/N-ethyl adjacent to an activating group) is 6. The van der Waals surface area contributed by atoms with Crippen LogP contribution in [-0.2, 0) is 57.5 Å². The molecule has 1 spiro atoms. The number of fused-ring (bicyclic) bond motifs is 1. The molecule has 0 radical (unpaired) electrons. The average molecular weight is 1420 g/mol. The largest absolute Gasteiger partial charge is 0.393 e. The van der Waals surface area contributed by atoms with Crippen molar-refractivity contribution in [1.82, 2.24) is 60.5 Å². The van der Waals surface area contributed by atoms with Crippen molar-refractivity contribution in [2.24, 2.45) is 41.4 Å². The van der Waals surface area contributed by atoms with Gasteiger partial charge >= 0.3 is 6.18 Å². The Morgan fingerprint density at radius 2 is 1.20 bits per heavy atom. The minimum atomic E-state index is -4.51. The predicted octanol–water partition coefficient (Wildman–Crippen LogP) is 5.85. The molecule has 560 valence electrons. The molecule has 4 N–H and O–H groups in total. The fourth-order valence-electron chi connectivity index (χ4n) is 15.6. The van der Waals surface area contributed by atoms with Crippen LogP contribution in [0.15, 0.2) is 0 Å². The first-order valence-electron chi connectivity index (χ1n) is 36.6. The normalized spacial score (nSPS) is 29.6. The van der Waals surface area contributed by atoms with E-state index in [-0.39, 0.29) is 88.5 Å². The molecule has 3 saturated heterocycles. The molecule has 6 rings (SSSR count). The zero-order valence-electron chi connectivity index (χ0n) is 61.2. The van der Waals surface area contributed by atoms with Crippen LogP contribution in [0.2, 0.25) is 0 Å². The number of carbonyl (C=O) groups excluding carboxylic acids is 12. The summed E-state index contributed by atoms with van der Waals surface area (Å²) in [6.45, 7) is 12.1. The molecule has 3 unspecified atom stereocenters. The maximum Gasteiger partial charge on any atom is 0.393 e. The van der Waals surface area contributed by atoms with Crippen molar-refractivity contribution in [3.05, 3.63) is 0 Å². The molecule has 12 atom stereocenters. The molecule has 3 heterocycles. The lowest BCUT2D eigenvalue weighted by Gasteiger charge is -2.40. The van der Waals surface area contributed by atoms with E-state index in [0.717, 1.165) is 46.8 Å². The number of rotatable bonds is 12. The lowest BCUT2D eigenvalue weighted by atomic mass is 9.78. The van der Waals surface area contributed by atoms with E-state index in [0.29, 0.717) is 64.0 Å². The van der Waals surface area contributed by atoms with E-state index in [1.54, 1.807) is 18.7 Å². The SMILES string of the molecule is CC[C@H](C)[C@@H]1NC(=O)[C@H](CC(C)C)N(C)C(=O)C[C@@H](C(=O)N2CCC(C)CC2)NC(=O)[C@H]([C@@H](C)CC)N(C)C(=O)C2(CCCC2)NC(=O)[C@@H]2CCCN2C(=O)[C@H](CCC2CCC(C(F)(F)F)C(Cl)C2)NC(=O)CN(C)C(=O)[C@H](CC2CCCCC2)N(C)C(=O)CN(C)C(=O)CN(C)C1=O. The number of likely N-dealkylation sites (tertiary alicyclic amines) is 1. The summed E-state index contributed by atoms with van der Waals surface area (Å²) in [6.07, 6.45) is 3.69. The Hall–Kier alpha value is -6.28. The van der Waals surface area contributed by atoms with Gasteiger partial charge < -0.3 is 60.5 Å². The summed E-state index contributed by atoms with van der Waals surface area (Å²) in [6, 6.07) is -8.71. The summed E-state index contributed by atoms with van der Waals surface area (Å²) in [7, 11) is 8.51. The van der Waals surface area contributed by atoms with E-state index in [4.69, 9.17) is 11.6 Å². The number of nitrogens with zero attached hydrogens (tertiary/aromatic N) is 8. The van der Waals surface area contributed by atoms with E-state index >= 15 is 19.2 Å². The zero-order chi connectivity index (χ0) is 73.5. The number of hydrogen-bond donors (Lipinski definition) is 4. The Labute approximate surface area is 589 Å². The minimum absolute atomic E-state index is 0.00139. The first-order valence-corrected chi connectivity index (χ1v) is 37.0. The first kappa shape index (κ1) is 81.7. The Bertz CT molecular complexity index is 2850. The second-order valence-electron chi connectivity index (χ2n) is 30.4. The number of piperidine rings is 1. The van der Waals surface area contributed by atoms with Crippen LogP contribution in [-0.4, -0.2) is 251 Å². The van der Waals surface area contributed by atoms with Crippen LogP contribution < -0.4 is 21.3 Å². The Morgan fingerprint density at radius 3 is 1.80 bits per heavy atom. The summed E-state index contributed by atoms with van der Waals surface area (Å²) in [5.74, 6) is -10.7. The monoisotopic (exact) mass is 1420 g/mol. The third kappa shape index (κ3) is 21.4. The smallest absolute Gasteiger partial charge is 0.343 e. The number of alkyl halides is 4.